The number of aliphatic imine (C=N–C) groups is 1. The molecule has 0 N–H and O–H groups in total. The van der Waals surface area contributed by atoms with Crippen molar-refractivity contribution in [3.8, 4) is 5.75 Å². The molecular formula is C14H19NO2. The maximum absolute atomic E-state index is 10.2. The molecule has 0 saturated heterocycles. The maximum atomic E-state index is 10.2. The van der Waals surface area contributed by atoms with Gasteiger partial charge in [0.1, 0.15) is 5.75 Å². The lowest BCUT2D eigenvalue weighted by Gasteiger charge is -2.23. The Morgan fingerprint density at radius 1 is 1.41 bits per heavy atom. The molecule has 0 atom stereocenters. The van der Waals surface area contributed by atoms with Crippen LogP contribution in [0.4, 0.5) is 0 Å². The third-order valence-electron chi connectivity index (χ3n) is 2.98. The summed E-state index contributed by atoms with van der Waals surface area (Å²) in [5.74, 6) is 0.908. The molecule has 0 fully saturated rings. The topological polar surface area (TPSA) is 38.7 Å². The van der Waals surface area contributed by atoms with E-state index in [-0.39, 0.29) is 5.41 Å². The minimum atomic E-state index is -0.159. The summed E-state index contributed by atoms with van der Waals surface area (Å²) in [6.45, 7) is 6.67. The summed E-state index contributed by atoms with van der Waals surface area (Å²) >= 11 is 0. The zero-order valence-corrected chi connectivity index (χ0v) is 10.9. The second kappa shape index (κ2) is 5.65. The van der Waals surface area contributed by atoms with Gasteiger partial charge in [0.05, 0.1) is 13.7 Å². The van der Waals surface area contributed by atoms with Gasteiger partial charge in [0.2, 0.25) is 6.08 Å². The number of ether oxygens (including phenoxy) is 1. The van der Waals surface area contributed by atoms with Crippen LogP contribution in [0.2, 0.25) is 0 Å². The van der Waals surface area contributed by atoms with E-state index >= 15 is 0 Å². The average molecular weight is 233 g/mol. The van der Waals surface area contributed by atoms with Crippen LogP contribution in [0.15, 0.2) is 23.2 Å². The second-order valence-electron chi connectivity index (χ2n) is 4.67. The van der Waals surface area contributed by atoms with E-state index in [1.807, 2.05) is 12.1 Å². The van der Waals surface area contributed by atoms with Crippen LogP contribution in [0.5, 0.6) is 5.75 Å². The van der Waals surface area contributed by atoms with Gasteiger partial charge in [-0.2, -0.15) is 0 Å². The Morgan fingerprint density at radius 2 is 2.12 bits per heavy atom. The molecule has 3 heteroatoms. The predicted octanol–water partition coefficient (Wildman–Crippen LogP) is 2.87. The Kier molecular flexibility index (Phi) is 4.47. The van der Waals surface area contributed by atoms with Gasteiger partial charge >= 0.3 is 0 Å². The molecule has 0 saturated carbocycles. The van der Waals surface area contributed by atoms with Gasteiger partial charge in [-0.1, -0.05) is 32.9 Å². The van der Waals surface area contributed by atoms with Crippen LogP contribution in [0.25, 0.3) is 0 Å². The third kappa shape index (κ3) is 3.18. The van der Waals surface area contributed by atoms with Gasteiger partial charge in [-0.25, -0.2) is 9.79 Å². The number of hydrogen-bond acceptors (Lipinski definition) is 3. The Balaban J connectivity index is 3.10. The number of nitrogens with zero attached hydrogens (tertiary/aromatic N) is 1. The standard InChI is InChI=1S/C14H19NO2/c1-5-11-8-12(6-7-13(11)17-4)14(2,3)9-15-10-16/h6-8H,5,9H2,1-4H3. The molecule has 92 valence electrons. The van der Waals surface area contributed by atoms with E-state index in [9.17, 15) is 4.79 Å². The summed E-state index contributed by atoms with van der Waals surface area (Å²) in [7, 11) is 1.68. The van der Waals surface area contributed by atoms with Gasteiger partial charge in [-0.15, -0.1) is 0 Å². The van der Waals surface area contributed by atoms with Crippen molar-refractivity contribution in [2.75, 3.05) is 13.7 Å². The fraction of sp³-hybridized carbons (Fsp3) is 0.500. The van der Waals surface area contributed by atoms with Crippen molar-refractivity contribution in [2.24, 2.45) is 4.99 Å². The lowest BCUT2D eigenvalue weighted by Crippen LogP contribution is -2.21. The number of isocyanates is 1. The van der Waals surface area contributed by atoms with Crippen LogP contribution < -0.4 is 4.74 Å². The highest BCUT2D eigenvalue weighted by Crippen LogP contribution is 2.28. The summed E-state index contributed by atoms with van der Waals surface area (Å²) in [5, 5.41) is 0. The summed E-state index contributed by atoms with van der Waals surface area (Å²) in [5.41, 5.74) is 2.18. The molecule has 0 amide bonds. The highest BCUT2D eigenvalue weighted by atomic mass is 16.5. The average Bonchev–Trinajstić information content (AvgIpc) is 2.35. The maximum Gasteiger partial charge on any atom is 0.234 e. The largest absolute Gasteiger partial charge is 0.496 e. The normalized spacial score (nSPS) is 10.8. The van der Waals surface area contributed by atoms with E-state index in [0.717, 1.165) is 17.7 Å². The molecule has 0 aliphatic carbocycles. The second-order valence-corrected chi connectivity index (χ2v) is 4.67. The number of hydrogen-bond donors (Lipinski definition) is 0. The zero-order valence-electron chi connectivity index (χ0n) is 10.9. The predicted molar refractivity (Wildman–Crippen MR) is 68.4 cm³/mol. The van der Waals surface area contributed by atoms with E-state index in [0.29, 0.717) is 6.54 Å². The Bertz CT molecular complexity index is 432. The molecule has 0 unspecified atom stereocenters. The number of aryl methyl sites for hydroxylation is 1. The van der Waals surface area contributed by atoms with Crippen molar-refractivity contribution >= 4 is 6.08 Å². The molecule has 1 rings (SSSR count). The highest BCUT2D eigenvalue weighted by Gasteiger charge is 2.21. The molecule has 0 radical (unpaired) electrons. The highest BCUT2D eigenvalue weighted by molar-refractivity contribution is 5.40. The van der Waals surface area contributed by atoms with E-state index in [4.69, 9.17) is 4.74 Å². The van der Waals surface area contributed by atoms with E-state index in [2.05, 4.69) is 31.8 Å². The Morgan fingerprint density at radius 3 is 2.65 bits per heavy atom. The first-order valence-corrected chi connectivity index (χ1v) is 5.76. The summed E-state index contributed by atoms with van der Waals surface area (Å²) in [6.07, 6.45) is 2.52. The number of benzene rings is 1. The molecule has 1 aromatic rings. The van der Waals surface area contributed by atoms with Crippen molar-refractivity contribution in [2.45, 2.75) is 32.6 Å². The molecule has 0 aromatic heterocycles. The molecule has 0 heterocycles. The van der Waals surface area contributed by atoms with E-state index < -0.39 is 0 Å². The van der Waals surface area contributed by atoms with E-state index in [1.54, 1.807) is 13.2 Å². The van der Waals surface area contributed by atoms with Gasteiger partial charge in [0.25, 0.3) is 0 Å². The fourth-order valence-electron chi connectivity index (χ4n) is 1.80. The van der Waals surface area contributed by atoms with Crippen LogP contribution in [0, 0.1) is 0 Å². The van der Waals surface area contributed by atoms with Gasteiger partial charge < -0.3 is 4.74 Å². The van der Waals surface area contributed by atoms with E-state index in [1.165, 1.54) is 5.56 Å². The van der Waals surface area contributed by atoms with Crippen molar-refractivity contribution in [1.29, 1.82) is 0 Å². The smallest absolute Gasteiger partial charge is 0.234 e. The van der Waals surface area contributed by atoms with Crippen molar-refractivity contribution in [1.82, 2.24) is 0 Å². The van der Waals surface area contributed by atoms with Gasteiger partial charge in [-0.05, 0) is 23.6 Å². The van der Waals surface area contributed by atoms with Gasteiger partial charge in [0.15, 0.2) is 0 Å². The lowest BCUT2D eigenvalue weighted by atomic mass is 9.83. The molecule has 0 aliphatic rings. The van der Waals surface area contributed by atoms with Crippen LogP contribution in [-0.4, -0.2) is 19.7 Å². The quantitative estimate of drug-likeness (QED) is 0.579. The monoisotopic (exact) mass is 233 g/mol. The SMILES string of the molecule is CCc1cc(C(C)(C)CN=C=O)ccc1OC. The molecule has 0 spiro atoms. The van der Waals surface area contributed by atoms with Gasteiger partial charge in [0, 0.05) is 5.41 Å². The van der Waals surface area contributed by atoms with Crippen molar-refractivity contribution in [3.05, 3.63) is 29.3 Å². The first-order valence-electron chi connectivity index (χ1n) is 5.76. The number of methoxy groups -OCH3 is 1. The summed E-state index contributed by atoms with van der Waals surface area (Å²) < 4.78 is 5.30. The Hall–Kier alpha value is -1.60. The van der Waals surface area contributed by atoms with Crippen molar-refractivity contribution in [3.63, 3.8) is 0 Å². The molecule has 0 aliphatic heterocycles. The minimum absolute atomic E-state index is 0.159. The molecule has 3 nitrogen and oxygen atoms in total. The fourth-order valence-corrected chi connectivity index (χ4v) is 1.80. The lowest BCUT2D eigenvalue weighted by molar-refractivity contribution is 0.409. The summed E-state index contributed by atoms with van der Waals surface area (Å²) in [6, 6.07) is 6.12. The van der Waals surface area contributed by atoms with Crippen LogP contribution in [0.1, 0.15) is 31.9 Å². The third-order valence-corrected chi connectivity index (χ3v) is 2.98. The number of carbonyl (C=O) groups excluding carboxylic acids is 1. The first kappa shape index (κ1) is 13.5. The zero-order chi connectivity index (χ0) is 12.9. The molecule has 1 aromatic carbocycles. The molecule has 17 heavy (non-hydrogen) atoms. The first-order chi connectivity index (χ1) is 8.05. The molecule has 0 bridgehead atoms. The molecular weight excluding hydrogens is 214 g/mol. The minimum Gasteiger partial charge on any atom is -0.496 e. The van der Waals surface area contributed by atoms with Crippen LogP contribution in [-0.2, 0) is 16.6 Å². The van der Waals surface area contributed by atoms with Crippen molar-refractivity contribution < 1.29 is 9.53 Å². The van der Waals surface area contributed by atoms with Crippen LogP contribution >= 0.6 is 0 Å². The summed E-state index contributed by atoms with van der Waals surface area (Å²) in [4.78, 5) is 13.9. The number of rotatable bonds is 5. The Labute approximate surface area is 103 Å². The van der Waals surface area contributed by atoms with Gasteiger partial charge in [-0.3, -0.25) is 0 Å². The van der Waals surface area contributed by atoms with Crippen LogP contribution in [0.3, 0.4) is 0 Å².